The van der Waals surface area contributed by atoms with E-state index in [0.717, 1.165) is 57.1 Å². The number of nitrogens with one attached hydrogen (secondary N) is 1. The molecule has 0 bridgehead atoms. The van der Waals surface area contributed by atoms with E-state index in [9.17, 15) is 9.59 Å². The minimum absolute atomic E-state index is 0. The van der Waals surface area contributed by atoms with E-state index in [1.54, 1.807) is 0 Å². The van der Waals surface area contributed by atoms with Crippen LogP contribution in [0.5, 0.6) is 0 Å². The van der Waals surface area contributed by atoms with E-state index in [2.05, 4.69) is 46.3 Å². The highest BCUT2D eigenvalue weighted by Gasteiger charge is 2.36. The quantitative estimate of drug-likeness (QED) is 0.226. The summed E-state index contributed by atoms with van der Waals surface area (Å²) in [6.07, 6.45) is 1.89. The predicted molar refractivity (Wildman–Crippen MR) is 140 cm³/mol. The maximum absolute atomic E-state index is 12.0. The van der Waals surface area contributed by atoms with Crippen molar-refractivity contribution >= 4 is 41.8 Å². The monoisotopic (exact) mass is 571 g/mol. The third-order valence-electron chi connectivity index (χ3n) is 6.47. The van der Waals surface area contributed by atoms with E-state index in [-0.39, 0.29) is 53.6 Å². The van der Waals surface area contributed by atoms with Crippen molar-refractivity contribution in [2.24, 2.45) is 28.5 Å². The van der Waals surface area contributed by atoms with Crippen LogP contribution >= 0.6 is 24.0 Å². The van der Waals surface area contributed by atoms with Crippen molar-refractivity contribution in [3.05, 3.63) is 35.4 Å². The smallest absolute Gasteiger partial charge is 0.310 e. The van der Waals surface area contributed by atoms with Gasteiger partial charge in [-0.1, -0.05) is 31.2 Å². The molecule has 184 valence electrons. The maximum Gasteiger partial charge on any atom is 0.310 e. The molecule has 1 amide bonds. The second-order valence-corrected chi connectivity index (χ2v) is 8.98. The number of hydrogen-bond acceptors (Lipinski definition) is 5. The molecule has 0 aliphatic carbocycles. The maximum atomic E-state index is 12.0. The number of piperidine rings is 1. The highest BCUT2D eigenvalue weighted by molar-refractivity contribution is 14.0. The van der Waals surface area contributed by atoms with Gasteiger partial charge in [0.15, 0.2) is 5.96 Å². The molecule has 0 aromatic heterocycles. The Morgan fingerprint density at radius 2 is 2.00 bits per heavy atom. The molecule has 3 atom stereocenters. The Balaban J connectivity index is 0.00000385. The summed E-state index contributed by atoms with van der Waals surface area (Å²) in [4.78, 5) is 32.9. The number of benzene rings is 1. The average Bonchev–Trinajstić information content (AvgIpc) is 3.18. The highest BCUT2D eigenvalue weighted by atomic mass is 127. The van der Waals surface area contributed by atoms with Gasteiger partial charge in [0.05, 0.1) is 25.5 Å². The number of halogens is 1. The fourth-order valence-corrected chi connectivity index (χ4v) is 4.71. The van der Waals surface area contributed by atoms with Gasteiger partial charge in [0.1, 0.15) is 0 Å². The molecule has 0 radical (unpaired) electrons. The summed E-state index contributed by atoms with van der Waals surface area (Å²) in [5, 5.41) is 3.36. The van der Waals surface area contributed by atoms with Crippen LogP contribution in [0.3, 0.4) is 0 Å². The van der Waals surface area contributed by atoms with Crippen LogP contribution in [0.15, 0.2) is 29.3 Å². The van der Waals surface area contributed by atoms with Gasteiger partial charge in [-0.2, -0.15) is 0 Å². The van der Waals surface area contributed by atoms with Crippen LogP contribution in [0.4, 0.5) is 0 Å². The molecule has 33 heavy (non-hydrogen) atoms. The van der Waals surface area contributed by atoms with Crippen LogP contribution in [0, 0.1) is 17.8 Å². The number of carbonyl (C=O) groups excluding carboxylic acids is 2. The summed E-state index contributed by atoms with van der Waals surface area (Å²) in [7, 11) is 1.45. The fourth-order valence-electron chi connectivity index (χ4n) is 4.71. The molecule has 0 saturated carbocycles. The van der Waals surface area contributed by atoms with Crippen LogP contribution in [-0.2, 0) is 27.4 Å². The predicted octanol–water partition coefficient (Wildman–Crippen LogP) is 2.21. The number of ether oxygens (including phenoxy) is 1. The van der Waals surface area contributed by atoms with Gasteiger partial charge in [0, 0.05) is 32.7 Å². The van der Waals surface area contributed by atoms with Gasteiger partial charge in [0.25, 0.3) is 0 Å². The first-order valence-electron chi connectivity index (χ1n) is 11.6. The van der Waals surface area contributed by atoms with Gasteiger partial charge in [-0.25, -0.2) is 4.99 Å². The average molecular weight is 572 g/mol. The molecule has 3 rings (SSSR count). The Hall–Kier alpha value is -1.88. The molecule has 3 N–H and O–H groups in total. The van der Waals surface area contributed by atoms with E-state index in [0.29, 0.717) is 13.1 Å². The summed E-state index contributed by atoms with van der Waals surface area (Å²) in [5.74, 6) is 0.538. The van der Waals surface area contributed by atoms with Gasteiger partial charge in [0.2, 0.25) is 5.91 Å². The fraction of sp³-hybridized carbons (Fsp3) is 0.625. The minimum atomic E-state index is -0.195. The molecule has 1 aromatic carbocycles. The molecule has 9 heteroatoms. The molecular weight excluding hydrogens is 533 g/mol. The second-order valence-electron chi connectivity index (χ2n) is 8.98. The first-order valence-corrected chi connectivity index (χ1v) is 11.6. The number of likely N-dealkylation sites (tertiary alicyclic amines) is 2. The first-order chi connectivity index (χ1) is 15.4. The Morgan fingerprint density at radius 1 is 1.24 bits per heavy atom. The molecule has 3 unspecified atom stereocenters. The SMILES string of the molecule is CCNC(=NCc1cccc(CN2CCCC(C(N)=O)C2)c1)N1CC(C)C(C(=O)OC)C1.I. The molecule has 2 saturated heterocycles. The first kappa shape index (κ1) is 27.4. The number of esters is 1. The van der Waals surface area contributed by atoms with Crippen LogP contribution in [0.1, 0.15) is 37.8 Å². The molecular formula is C24H38IN5O3. The Bertz CT molecular complexity index is 834. The van der Waals surface area contributed by atoms with Gasteiger partial charge in [-0.15, -0.1) is 24.0 Å². The third-order valence-corrected chi connectivity index (χ3v) is 6.47. The summed E-state index contributed by atoms with van der Waals surface area (Å²) >= 11 is 0. The molecule has 2 aliphatic rings. The zero-order valence-electron chi connectivity index (χ0n) is 20.0. The van der Waals surface area contributed by atoms with Crippen molar-refractivity contribution in [2.75, 3.05) is 39.8 Å². The van der Waals surface area contributed by atoms with Crippen molar-refractivity contribution < 1.29 is 14.3 Å². The summed E-state index contributed by atoms with van der Waals surface area (Å²) in [5.41, 5.74) is 7.87. The highest BCUT2D eigenvalue weighted by Crippen LogP contribution is 2.24. The van der Waals surface area contributed by atoms with Crippen molar-refractivity contribution in [1.82, 2.24) is 15.1 Å². The molecule has 8 nitrogen and oxygen atoms in total. The standard InChI is InChI=1S/C24H37N5O3.HI/c1-4-26-24(29-13-17(2)21(16-29)23(31)32-3)27-12-18-7-5-8-19(11-18)14-28-10-6-9-20(15-28)22(25)30;/h5,7-8,11,17,20-21H,4,6,9-10,12-16H2,1-3H3,(H2,25,30)(H,26,27);1H. The molecule has 2 aliphatic heterocycles. The molecule has 2 fully saturated rings. The number of carbonyl (C=O) groups is 2. The third kappa shape index (κ3) is 7.56. The zero-order chi connectivity index (χ0) is 23.1. The number of hydrogen-bond donors (Lipinski definition) is 2. The van der Waals surface area contributed by atoms with Crippen LogP contribution in [-0.4, -0.2) is 67.5 Å². The molecule has 1 aromatic rings. The van der Waals surface area contributed by atoms with Crippen LogP contribution in [0.2, 0.25) is 0 Å². The lowest BCUT2D eigenvalue weighted by Crippen LogP contribution is -2.40. The lowest BCUT2D eigenvalue weighted by Gasteiger charge is -2.31. The van der Waals surface area contributed by atoms with E-state index in [1.807, 2.05) is 6.92 Å². The van der Waals surface area contributed by atoms with E-state index in [4.69, 9.17) is 15.5 Å². The zero-order valence-corrected chi connectivity index (χ0v) is 22.3. The topological polar surface area (TPSA) is 100 Å². The second kappa shape index (κ2) is 13.1. The van der Waals surface area contributed by atoms with Crippen molar-refractivity contribution in [1.29, 1.82) is 0 Å². The number of nitrogens with two attached hydrogens (primary N) is 1. The summed E-state index contributed by atoms with van der Waals surface area (Å²) < 4.78 is 4.96. The number of amides is 1. The Labute approximate surface area is 214 Å². The van der Waals surface area contributed by atoms with Crippen LogP contribution < -0.4 is 11.1 Å². The number of primary amides is 1. The largest absolute Gasteiger partial charge is 0.469 e. The van der Waals surface area contributed by atoms with E-state index >= 15 is 0 Å². The summed E-state index contributed by atoms with van der Waals surface area (Å²) in [6.45, 7) is 9.39. The van der Waals surface area contributed by atoms with Gasteiger partial charge < -0.3 is 20.7 Å². The van der Waals surface area contributed by atoms with Gasteiger partial charge in [-0.05, 0) is 43.4 Å². The lowest BCUT2D eigenvalue weighted by atomic mass is 9.97. The summed E-state index contributed by atoms with van der Waals surface area (Å²) in [6, 6.07) is 8.46. The molecule has 2 heterocycles. The number of guanidine groups is 1. The lowest BCUT2D eigenvalue weighted by molar-refractivity contribution is -0.146. The van der Waals surface area contributed by atoms with Crippen molar-refractivity contribution in [3.63, 3.8) is 0 Å². The van der Waals surface area contributed by atoms with Gasteiger partial charge >= 0.3 is 5.97 Å². The van der Waals surface area contributed by atoms with Gasteiger partial charge in [-0.3, -0.25) is 14.5 Å². The van der Waals surface area contributed by atoms with Crippen molar-refractivity contribution in [2.45, 2.75) is 39.8 Å². The number of rotatable bonds is 7. The normalized spacial score (nSPS) is 23.7. The van der Waals surface area contributed by atoms with E-state index in [1.165, 1.54) is 12.7 Å². The molecule has 0 spiro atoms. The van der Waals surface area contributed by atoms with Crippen LogP contribution in [0.25, 0.3) is 0 Å². The number of aliphatic imine (C=N–C) groups is 1. The van der Waals surface area contributed by atoms with Crippen molar-refractivity contribution in [3.8, 4) is 0 Å². The Kier molecular flexibility index (Phi) is 10.9. The number of nitrogens with zero attached hydrogens (tertiary/aromatic N) is 3. The Morgan fingerprint density at radius 3 is 2.70 bits per heavy atom. The number of methoxy groups -OCH3 is 1. The van der Waals surface area contributed by atoms with E-state index < -0.39 is 0 Å². The minimum Gasteiger partial charge on any atom is -0.469 e.